The van der Waals surface area contributed by atoms with Gasteiger partial charge in [-0.3, -0.25) is 29.8 Å². The highest BCUT2D eigenvalue weighted by Gasteiger charge is 2.31. The molecule has 3 aromatic heterocycles. The van der Waals surface area contributed by atoms with Gasteiger partial charge in [0.15, 0.2) is 5.04 Å². The second kappa shape index (κ2) is 11.5. The van der Waals surface area contributed by atoms with Crippen LogP contribution in [0.15, 0.2) is 59.7 Å². The van der Waals surface area contributed by atoms with Crippen molar-refractivity contribution in [2.24, 2.45) is 7.05 Å². The van der Waals surface area contributed by atoms with Gasteiger partial charge in [0.05, 0.1) is 18.3 Å². The van der Waals surface area contributed by atoms with Crippen molar-refractivity contribution in [2.45, 2.75) is 32.9 Å². The Morgan fingerprint density at radius 2 is 1.90 bits per heavy atom. The molecular weight excluding hydrogens is 530 g/mol. The first kappa shape index (κ1) is 28.2. The lowest BCUT2D eigenvalue weighted by Gasteiger charge is -2.16. The third-order valence-electron chi connectivity index (χ3n) is 6.51. The molecule has 1 aliphatic rings. The van der Waals surface area contributed by atoms with Gasteiger partial charge in [-0.05, 0) is 24.2 Å². The molecule has 2 amide bonds. The first-order chi connectivity index (χ1) is 18.7. The van der Waals surface area contributed by atoms with Crippen LogP contribution in [0.5, 0.6) is 0 Å². The van der Waals surface area contributed by atoms with Crippen LogP contribution in [-0.4, -0.2) is 41.0 Å². The second-order valence-electron chi connectivity index (χ2n) is 8.98. The minimum Gasteiger partial charge on any atom is -0.384 e. The van der Waals surface area contributed by atoms with E-state index >= 15 is 0 Å². The molecule has 13 heteroatoms. The Hall–Kier alpha value is -4.78. The first-order valence-electron chi connectivity index (χ1n) is 12.0. The molecule has 1 aromatic carbocycles. The fraction of sp³-hybridized carbons (Fsp3) is 0.222. The third kappa shape index (κ3) is 5.50. The second-order valence-corrected chi connectivity index (χ2v) is 10.00. The molecule has 40 heavy (non-hydrogen) atoms. The van der Waals surface area contributed by atoms with E-state index in [1.807, 2.05) is 17.7 Å². The number of nitrogens with one attached hydrogen (secondary N) is 4. The number of carbonyl (C=O) groups is 2. The average Bonchev–Trinajstić information content (AvgIpc) is 3.51. The summed E-state index contributed by atoms with van der Waals surface area (Å²) in [7, 11) is 1.87. The molecule has 4 heterocycles. The van der Waals surface area contributed by atoms with E-state index in [0.29, 0.717) is 41.8 Å². The number of nitrogen functional groups attached to an aromatic ring is 1. The number of thioether (sulfide) groups is 1. The summed E-state index contributed by atoms with van der Waals surface area (Å²) in [4.78, 5) is 47.3. The number of hydrogen-bond acceptors (Lipinski definition) is 9. The normalized spacial score (nSPS) is 13.8. The van der Waals surface area contributed by atoms with Gasteiger partial charge < -0.3 is 20.9 Å². The van der Waals surface area contributed by atoms with Gasteiger partial charge in [0, 0.05) is 42.4 Å². The fourth-order valence-corrected chi connectivity index (χ4v) is 5.09. The van der Waals surface area contributed by atoms with E-state index in [4.69, 9.17) is 16.6 Å². The van der Waals surface area contributed by atoms with Crippen LogP contribution in [0.25, 0.3) is 10.9 Å². The number of carbonyl (C=O) groups excluding carboxylic acids is 2. The predicted octanol–water partition coefficient (Wildman–Crippen LogP) is 2.83. The summed E-state index contributed by atoms with van der Waals surface area (Å²) in [6.45, 7) is 0.232. The Bertz CT molecular complexity index is 1690. The van der Waals surface area contributed by atoms with E-state index < -0.39 is 22.6 Å². The maximum atomic E-state index is 13.2. The van der Waals surface area contributed by atoms with E-state index in [9.17, 15) is 14.4 Å². The number of anilines is 2. The van der Waals surface area contributed by atoms with Crippen LogP contribution in [0.2, 0.25) is 0 Å². The van der Waals surface area contributed by atoms with Gasteiger partial charge >= 0.3 is 0 Å². The Labute approximate surface area is 234 Å². The van der Waals surface area contributed by atoms with Crippen LogP contribution in [0.4, 0.5) is 11.5 Å². The van der Waals surface area contributed by atoms with E-state index in [0.717, 1.165) is 16.6 Å². The summed E-state index contributed by atoms with van der Waals surface area (Å²) < 4.78 is 3.21. The third-order valence-corrected chi connectivity index (χ3v) is 7.34. The molecular formula is C27H29N9O3S. The molecule has 4 aromatic rings. The molecule has 0 fully saturated rings. The monoisotopic (exact) mass is 559 g/mol. The Kier molecular flexibility index (Phi) is 8.14. The largest absolute Gasteiger partial charge is 0.384 e. The van der Waals surface area contributed by atoms with Crippen molar-refractivity contribution in [3.63, 3.8) is 0 Å². The zero-order valence-corrected chi connectivity index (χ0v) is 21.7. The minimum absolute atomic E-state index is 0. The van der Waals surface area contributed by atoms with Crippen molar-refractivity contribution in [2.75, 3.05) is 11.1 Å². The quantitative estimate of drug-likeness (QED) is 0.184. The molecule has 206 valence electrons. The summed E-state index contributed by atoms with van der Waals surface area (Å²) in [6, 6.07) is 11.6. The smallest absolute Gasteiger partial charge is 0.280 e. The van der Waals surface area contributed by atoms with Crippen molar-refractivity contribution in [1.82, 2.24) is 24.4 Å². The van der Waals surface area contributed by atoms with E-state index in [2.05, 4.69) is 20.6 Å². The lowest BCUT2D eigenvalue weighted by atomic mass is 10.2. The lowest BCUT2D eigenvalue weighted by molar-refractivity contribution is -0.124. The number of nitrogens with zero attached hydrogens (tertiary/aromatic N) is 4. The van der Waals surface area contributed by atoms with Crippen LogP contribution in [0.3, 0.4) is 0 Å². The van der Waals surface area contributed by atoms with Gasteiger partial charge in [0.25, 0.3) is 11.5 Å². The number of aryl methyl sites for hydroxylation is 2. The molecule has 1 aliphatic heterocycles. The van der Waals surface area contributed by atoms with E-state index in [1.165, 1.54) is 10.8 Å². The molecule has 0 saturated heterocycles. The van der Waals surface area contributed by atoms with Crippen LogP contribution >= 0.6 is 11.8 Å². The number of amides is 2. The van der Waals surface area contributed by atoms with Crippen LogP contribution in [0.1, 0.15) is 37.0 Å². The van der Waals surface area contributed by atoms with Gasteiger partial charge in [0.2, 0.25) is 5.91 Å². The Morgan fingerprint density at radius 3 is 2.65 bits per heavy atom. The predicted molar refractivity (Wildman–Crippen MR) is 157 cm³/mol. The number of hydrogen-bond donors (Lipinski definition) is 5. The Balaban J connectivity index is 0.00000370. The van der Waals surface area contributed by atoms with Crippen molar-refractivity contribution >= 4 is 56.1 Å². The summed E-state index contributed by atoms with van der Waals surface area (Å²) in [5.74, 6) is -0.340. The topological polar surface area (TPSA) is 185 Å². The summed E-state index contributed by atoms with van der Waals surface area (Å²) >= 11 is 0.673. The lowest BCUT2D eigenvalue weighted by Crippen LogP contribution is -2.37. The fourth-order valence-electron chi connectivity index (χ4n) is 4.48. The highest BCUT2D eigenvalue weighted by atomic mass is 32.2. The van der Waals surface area contributed by atoms with E-state index in [-0.39, 0.29) is 30.6 Å². The van der Waals surface area contributed by atoms with Gasteiger partial charge in [-0.15, -0.1) is 0 Å². The van der Waals surface area contributed by atoms with Gasteiger partial charge in [0.1, 0.15) is 28.4 Å². The number of pyridine rings is 1. The van der Waals surface area contributed by atoms with Crippen molar-refractivity contribution < 1.29 is 9.59 Å². The number of nitrogens with two attached hydrogens (primary N) is 1. The average molecular weight is 560 g/mol. The van der Waals surface area contributed by atoms with Gasteiger partial charge in [-0.1, -0.05) is 37.8 Å². The number of rotatable bonds is 5. The van der Waals surface area contributed by atoms with Crippen molar-refractivity contribution in [3.8, 4) is 0 Å². The summed E-state index contributed by atoms with van der Waals surface area (Å²) in [5, 5.41) is 22.0. The Morgan fingerprint density at radius 1 is 1.15 bits per heavy atom. The van der Waals surface area contributed by atoms with Crippen LogP contribution < -0.4 is 21.9 Å². The van der Waals surface area contributed by atoms with Gasteiger partial charge in [-0.2, -0.15) is 0 Å². The minimum atomic E-state index is -0.843. The van der Waals surface area contributed by atoms with E-state index in [1.54, 1.807) is 42.6 Å². The van der Waals surface area contributed by atoms with Crippen molar-refractivity contribution in [3.05, 3.63) is 82.3 Å². The maximum Gasteiger partial charge on any atom is 0.280 e. The zero-order valence-electron chi connectivity index (χ0n) is 20.9. The number of aromatic nitrogens is 4. The molecule has 5 rings (SSSR count). The molecule has 1 atom stereocenters. The molecule has 0 spiro atoms. The molecule has 0 saturated carbocycles. The highest BCUT2D eigenvalue weighted by Crippen LogP contribution is 2.24. The van der Waals surface area contributed by atoms with Gasteiger partial charge in [-0.25, -0.2) is 9.97 Å². The van der Waals surface area contributed by atoms with Crippen molar-refractivity contribution in [1.29, 1.82) is 10.8 Å². The highest BCUT2D eigenvalue weighted by molar-refractivity contribution is 8.28. The van der Waals surface area contributed by atoms with Crippen LogP contribution in [0, 0.1) is 10.8 Å². The summed E-state index contributed by atoms with van der Waals surface area (Å²) in [6.07, 6.45) is 3.73. The molecule has 1 unspecified atom stereocenters. The maximum absolute atomic E-state index is 13.2. The molecule has 0 aliphatic carbocycles. The first-order valence-corrected chi connectivity index (χ1v) is 12.8. The molecule has 0 radical (unpaired) electrons. The molecule has 12 nitrogen and oxygen atoms in total. The summed E-state index contributed by atoms with van der Waals surface area (Å²) in [5.41, 5.74) is 7.37. The molecule has 0 bridgehead atoms. The van der Waals surface area contributed by atoms with Crippen LogP contribution in [-0.2, 0) is 29.6 Å². The number of fused-ring (bicyclic) bond motifs is 2. The molecule has 6 N–H and O–H groups in total. The SMILES string of the molecule is C.Cn1c(CNC(=O)C2CCc3ncc(NC(=O)C(=N)SC(=N)c4ccccc4)c(=O)n32)cc2cnc(N)cc21. The number of benzene rings is 1. The zero-order chi connectivity index (χ0) is 27.7. The standard InChI is InChI=1S/C26H25N9O3S.CH4/c1-34-16(9-15-11-30-20(27)10-19(15)34)12-32-24(36)18-7-8-21-31-13-17(26(38)35(18)21)33-25(37)23(29)39-22(28)14-5-3-2-4-6-14;/h2-6,9-11,13,18,28-29H,7-8,12H2,1H3,(H2,27,30)(H,32,36)(H,33,37);1H4.